The maximum absolute atomic E-state index is 2.61. The third kappa shape index (κ3) is 2.83. The molecule has 16 aliphatic rings. The zero-order valence-corrected chi connectivity index (χ0v) is 35.4. The highest BCUT2D eigenvalue weighted by Gasteiger charge is 2.69. The van der Waals surface area contributed by atoms with Crippen LogP contribution in [0.25, 0.3) is 0 Å². The van der Waals surface area contributed by atoms with E-state index in [2.05, 4.69) is 139 Å². The van der Waals surface area contributed by atoms with E-state index in [9.17, 15) is 0 Å². The Morgan fingerprint density at radius 3 is 1.07 bits per heavy atom. The van der Waals surface area contributed by atoms with Crippen LogP contribution in [0.3, 0.4) is 0 Å². The fourth-order valence-corrected chi connectivity index (χ4v) is 17.1. The van der Waals surface area contributed by atoms with Gasteiger partial charge in [0.1, 0.15) is 0 Å². The summed E-state index contributed by atoms with van der Waals surface area (Å²) in [6.07, 6.45) is 44.9. The summed E-state index contributed by atoms with van der Waals surface area (Å²) in [5.41, 5.74) is 43.7. The lowest BCUT2D eigenvalue weighted by molar-refractivity contribution is 0.256. The molecule has 16 rings (SSSR count). The molecule has 0 saturated heterocycles. The molecular formula is C60H46. The second-order valence-electron chi connectivity index (χ2n) is 20.1. The Kier molecular flexibility index (Phi) is 5.21. The van der Waals surface area contributed by atoms with E-state index in [0.29, 0.717) is 23.7 Å². The Morgan fingerprint density at radius 1 is 0.333 bits per heavy atom. The maximum atomic E-state index is 2.61. The van der Waals surface area contributed by atoms with Gasteiger partial charge in [-0.15, -0.1) is 0 Å². The largest absolute Gasteiger partial charge is 0.0613 e. The van der Waals surface area contributed by atoms with Crippen molar-refractivity contribution in [2.45, 2.75) is 67.2 Å². The molecule has 60 heavy (non-hydrogen) atoms. The summed E-state index contributed by atoms with van der Waals surface area (Å²) in [6, 6.07) is 0. The second-order valence-corrected chi connectivity index (χ2v) is 20.1. The lowest BCUT2D eigenvalue weighted by atomic mass is 9.41. The predicted octanol–water partition coefficient (Wildman–Crippen LogP) is 13.9. The maximum Gasteiger partial charge on any atom is 0.0445 e. The molecule has 0 saturated carbocycles. The molecule has 286 valence electrons. The summed E-state index contributed by atoms with van der Waals surface area (Å²) in [6.45, 7) is 14.5. The average Bonchev–Trinajstić information content (AvgIpc) is 4.11. The molecule has 0 aromatic carbocycles. The summed E-state index contributed by atoms with van der Waals surface area (Å²) in [5, 5.41) is 0. The van der Waals surface area contributed by atoms with E-state index in [1.165, 1.54) is 61.3 Å². The number of allylic oxidation sites excluding steroid dienone is 44. The van der Waals surface area contributed by atoms with Gasteiger partial charge < -0.3 is 0 Å². The minimum Gasteiger partial charge on any atom is -0.0613 e. The van der Waals surface area contributed by atoms with Gasteiger partial charge in [0, 0.05) is 34.5 Å². The highest BCUT2D eigenvalue weighted by molar-refractivity contribution is 5.91. The molecule has 0 heteroatoms. The number of hydrogen-bond acceptors (Lipinski definition) is 0. The van der Waals surface area contributed by atoms with Gasteiger partial charge in [-0.2, -0.15) is 0 Å². The van der Waals surface area contributed by atoms with Crippen LogP contribution in [-0.2, 0) is 0 Å². The van der Waals surface area contributed by atoms with Gasteiger partial charge in [0.15, 0.2) is 0 Å². The summed E-state index contributed by atoms with van der Waals surface area (Å²) in [7, 11) is 0. The topological polar surface area (TPSA) is 0 Å². The lowest BCUT2D eigenvalue weighted by Crippen LogP contribution is -2.52. The Morgan fingerprint density at radius 2 is 0.650 bits per heavy atom. The van der Waals surface area contributed by atoms with Gasteiger partial charge in [0.2, 0.25) is 0 Å². The monoisotopic (exact) mass is 766 g/mol. The highest BCUT2D eigenvalue weighted by atomic mass is 14.7. The van der Waals surface area contributed by atoms with Gasteiger partial charge in [-0.05, 0) is 203 Å². The third-order valence-electron chi connectivity index (χ3n) is 18.8. The van der Waals surface area contributed by atoms with Gasteiger partial charge in [-0.3, -0.25) is 0 Å². The Bertz CT molecular complexity index is 3320. The molecule has 0 heterocycles. The molecule has 0 amide bonds. The van der Waals surface area contributed by atoms with Crippen LogP contribution < -0.4 is 0 Å². The van der Waals surface area contributed by atoms with E-state index in [0.717, 1.165) is 25.7 Å². The van der Waals surface area contributed by atoms with Crippen molar-refractivity contribution >= 4 is 0 Å². The van der Waals surface area contributed by atoms with Gasteiger partial charge in [0.05, 0.1) is 0 Å². The van der Waals surface area contributed by atoms with Crippen LogP contribution in [0, 0.1) is 34.5 Å². The van der Waals surface area contributed by atoms with Crippen LogP contribution >= 0.6 is 0 Å². The minimum atomic E-state index is -0.109. The molecule has 6 atom stereocenters. The van der Waals surface area contributed by atoms with E-state index in [4.69, 9.17) is 0 Å². The van der Waals surface area contributed by atoms with Crippen molar-refractivity contribution < 1.29 is 0 Å². The SMILES string of the molecule is CCC1=C2C=CC3=C2C24C5=C(C=CC5=C(CC5=C6C=CC7=C(C)C8=C9C(=C(CC)C%10=CC=C%11C(CC)=C%12C=CC5=C%12C9(C%10%11)C76)C=C8)C5=CC=C1C52)C(C)=C1C=CC(=C3C)C14. The molecular weight excluding hydrogens is 721 g/mol. The first-order chi connectivity index (χ1) is 29.4. The molecule has 6 unspecified atom stereocenters. The molecule has 0 aliphatic heterocycles. The first-order valence-corrected chi connectivity index (χ1v) is 23.1. The Hall–Kier alpha value is -5.72. The van der Waals surface area contributed by atoms with E-state index in [1.807, 2.05) is 0 Å². The van der Waals surface area contributed by atoms with Gasteiger partial charge >= 0.3 is 0 Å². The van der Waals surface area contributed by atoms with Crippen LogP contribution in [-0.4, -0.2) is 0 Å². The Balaban J connectivity index is 0.980. The predicted molar refractivity (Wildman–Crippen MR) is 243 cm³/mol. The molecule has 0 aromatic rings. The van der Waals surface area contributed by atoms with Gasteiger partial charge in [-0.25, -0.2) is 0 Å². The molecule has 16 aliphatic carbocycles. The summed E-state index contributed by atoms with van der Waals surface area (Å²) in [5.74, 6) is 1.40. The summed E-state index contributed by atoms with van der Waals surface area (Å²) in [4.78, 5) is 0. The molecule has 0 nitrogen and oxygen atoms in total. The van der Waals surface area contributed by atoms with Crippen LogP contribution in [0.2, 0.25) is 0 Å². The fourth-order valence-electron chi connectivity index (χ4n) is 17.1. The lowest BCUT2D eigenvalue weighted by Gasteiger charge is -2.60. The van der Waals surface area contributed by atoms with Crippen molar-refractivity contribution in [2.24, 2.45) is 34.5 Å². The molecule has 2 spiro atoms. The van der Waals surface area contributed by atoms with Crippen LogP contribution in [0.1, 0.15) is 67.2 Å². The molecule has 0 fully saturated rings. The van der Waals surface area contributed by atoms with Crippen LogP contribution in [0.15, 0.2) is 253 Å². The number of hydrogen-bond donors (Lipinski definition) is 0. The molecule has 0 radical (unpaired) electrons. The quantitative estimate of drug-likeness (QED) is 0.261. The van der Waals surface area contributed by atoms with Crippen molar-refractivity contribution in [3.05, 3.63) is 253 Å². The summed E-state index contributed by atoms with van der Waals surface area (Å²) >= 11 is 0. The van der Waals surface area contributed by atoms with Crippen molar-refractivity contribution in [3.63, 3.8) is 0 Å². The molecule has 0 N–H and O–H groups in total. The fraction of sp³-hybridized carbons (Fsp3) is 0.267. The molecule has 0 aromatic heterocycles. The van der Waals surface area contributed by atoms with Gasteiger partial charge in [-0.1, -0.05) is 118 Å². The van der Waals surface area contributed by atoms with Crippen molar-refractivity contribution in [1.29, 1.82) is 0 Å². The van der Waals surface area contributed by atoms with Crippen LogP contribution in [0.5, 0.6) is 0 Å². The number of rotatable bonds is 5. The Labute approximate surface area is 353 Å². The second kappa shape index (κ2) is 9.74. The normalized spacial score (nSPS) is 35.8. The van der Waals surface area contributed by atoms with Crippen LogP contribution in [0.4, 0.5) is 0 Å². The summed E-state index contributed by atoms with van der Waals surface area (Å²) < 4.78 is 0. The standard InChI is InChI=1S/C60H46/c1-7-30-40-17-13-36-29(6)38-15-19-46-50(48-25-23-44-32(9-3)42-21-20-41(30)56(42)60(53(36)40,55(38)46)58(44)48)26-49-45-18-14-37-28(5)34-11-10-33-27(4)35-12-16-39-31(8-2)43-22-24-47(49)57(43)59(51(33)34,52(35)39)54(37)45/h10-25,51,55-57H,7-9,26H2,1-6H3. The minimum absolute atomic E-state index is 0.109. The zero-order chi connectivity index (χ0) is 39.6. The smallest absolute Gasteiger partial charge is 0.0445 e. The van der Waals surface area contributed by atoms with E-state index < -0.39 is 0 Å². The van der Waals surface area contributed by atoms with Crippen molar-refractivity contribution in [3.8, 4) is 0 Å². The van der Waals surface area contributed by atoms with Gasteiger partial charge in [0.25, 0.3) is 0 Å². The van der Waals surface area contributed by atoms with E-state index in [1.54, 1.807) is 94.7 Å². The van der Waals surface area contributed by atoms with Crippen molar-refractivity contribution in [2.75, 3.05) is 0 Å². The van der Waals surface area contributed by atoms with E-state index in [-0.39, 0.29) is 10.8 Å². The van der Waals surface area contributed by atoms with Crippen molar-refractivity contribution in [1.82, 2.24) is 0 Å². The highest BCUT2D eigenvalue weighted by Crippen LogP contribution is 2.79. The first kappa shape index (κ1) is 32.1. The third-order valence-corrected chi connectivity index (χ3v) is 18.8. The zero-order valence-electron chi connectivity index (χ0n) is 35.4. The average molecular weight is 767 g/mol. The molecule has 0 bridgehead atoms. The van der Waals surface area contributed by atoms with E-state index >= 15 is 0 Å². The first-order valence-electron chi connectivity index (χ1n) is 23.1.